The summed E-state index contributed by atoms with van der Waals surface area (Å²) in [7, 11) is 0.185. The van der Waals surface area contributed by atoms with Crippen LogP contribution in [0.1, 0.15) is 41.6 Å². The van der Waals surface area contributed by atoms with Gasteiger partial charge in [-0.15, -0.1) is 0 Å². The van der Waals surface area contributed by atoms with Crippen molar-refractivity contribution in [2.75, 3.05) is 33.7 Å². The zero-order chi connectivity index (χ0) is 20.9. The van der Waals surface area contributed by atoms with E-state index < -0.39 is 10.0 Å². The third kappa shape index (κ3) is 4.81. The summed E-state index contributed by atoms with van der Waals surface area (Å²) in [5, 5.41) is 2.90. The van der Waals surface area contributed by atoms with Crippen molar-refractivity contribution in [2.24, 2.45) is 0 Å². The fourth-order valence-electron chi connectivity index (χ4n) is 3.02. The molecule has 2 rings (SSSR count). The SMILES string of the molecule is CCN(CC)S(=O)(=O)c1ccc(C)c(C(=O)NCC(c2ccco2)N(C)C)c1. The van der Waals surface area contributed by atoms with E-state index in [1.54, 1.807) is 45.2 Å². The number of hydrogen-bond donors (Lipinski definition) is 1. The first kappa shape index (κ1) is 22.1. The van der Waals surface area contributed by atoms with E-state index in [1.807, 2.05) is 25.1 Å². The zero-order valence-corrected chi connectivity index (χ0v) is 17.9. The van der Waals surface area contributed by atoms with E-state index in [0.717, 1.165) is 11.3 Å². The Kier molecular flexibility index (Phi) is 7.40. The van der Waals surface area contributed by atoms with E-state index in [9.17, 15) is 13.2 Å². The molecule has 7 nitrogen and oxygen atoms in total. The van der Waals surface area contributed by atoms with Gasteiger partial charge in [0, 0.05) is 25.2 Å². The van der Waals surface area contributed by atoms with E-state index >= 15 is 0 Å². The van der Waals surface area contributed by atoms with Crippen LogP contribution in [0.4, 0.5) is 0 Å². The molecule has 2 aromatic rings. The summed E-state index contributed by atoms with van der Waals surface area (Å²) in [5.74, 6) is 0.437. The van der Waals surface area contributed by atoms with Crippen LogP contribution in [-0.2, 0) is 10.0 Å². The molecule has 0 saturated carbocycles. The highest BCUT2D eigenvalue weighted by atomic mass is 32.2. The van der Waals surface area contributed by atoms with Crippen LogP contribution in [0.2, 0.25) is 0 Å². The second-order valence-corrected chi connectivity index (χ2v) is 8.71. The molecule has 1 unspecified atom stereocenters. The largest absolute Gasteiger partial charge is 0.468 e. The number of aryl methyl sites for hydroxylation is 1. The van der Waals surface area contributed by atoms with E-state index in [-0.39, 0.29) is 16.8 Å². The number of nitrogens with one attached hydrogen (secondary N) is 1. The Morgan fingerprint density at radius 1 is 1.18 bits per heavy atom. The van der Waals surface area contributed by atoms with Crippen molar-refractivity contribution in [2.45, 2.75) is 31.7 Å². The number of hydrogen-bond acceptors (Lipinski definition) is 5. The summed E-state index contributed by atoms with van der Waals surface area (Å²) >= 11 is 0. The van der Waals surface area contributed by atoms with Crippen LogP contribution in [0, 0.1) is 6.92 Å². The summed E-state index contributed by atoms with van der Waals surface area (Å²) in [6, 6.07) is 8.21. The Bertz CT molecular complexity index is 888. The molecule has 0 spiro atoms. The Balaban J connectivity index is 2.24. The molecule has 0 bridgehead atoms. The highest BCUT2D eigenvalue weighted by Crippen LogP contribution is 2.21. The van der Waals surface area contributed by atoms with Crippen LogP contribution < -0.4 is 5.32 Å². The van der Waals surface area contributed by atoms with Gasteiger partial charge in [-0.05, 0) is 50.8 Å². The smallest absolute Gasteiger partial charge is 0.251 e. The van der Waals surface area contributed by atoms with Crippen LogP contribution >= 0.6 is 0 Å². The summed E-state index contributed by atoms with van der Waals surface area (Å²) in [4.78, 5) is 14.9. The first-order valence-corrected chi connectivity index (χ1v) is 10.7. The molecule has 0 aliphatic rings. The second kappa shape index (κ2) is 9.36. The molecule has 1 N–H and O–H groups in total. The van der Waals surface area contributed by atoms with Gasteiger partial charge in [-0.1, -0.05) is 19.9 Å². The first-order chi connectivity index (χ1) is 13.2. The molecule has 0 fully saturated rings. The average molecular weight is 408 g/mol. The Morgan fingerprint density at radius 2 is 1.86 bits per heavy atom. The van der Waals surface area contributed by atoms with E-state index in [4.69, 9.17) is 4.42 Å². The molecule has 0 aliphatic carbocycles. The van der Waals surface area contributed by atoms with Crippen LogP contribution in [0.3, 0.4) is 0 Å². The number of furan rings is 1. The van der Waals surface area contributed by atoms with Gasteiger partial charge in [0.15, 0.2) is 0 Å². The van der Waals surface area contributed by atoms with Gasteiger partial charge in [-0.2, -0.15) is 4.31 Å². The van der Waals surface area contributed by atoms with Crippen LogP contribution in [-0.4, -0.2) is 57.3 Å². The molecule has 8 heteroatoms. The molecule has 0 radical (unpaired) electrons. The van der Waals surface area contributed by atoms with Crippen LogP contribution in [0.25, 0.3) is 0 Å². The van der Waals surface area contributed by atoms with Crippen molar-refractivity contribution >= 4 is 15.9 Å². The molecule has 0 saturated heterocycles. The number of benzene rings is 1. The summed E-state index contributed by atoms with van der Waals surface area (Å²) < 4.78 is 32.4. The van der Waals surface area contributed by atoms with Crippen molar-refractivity contribution in [1.29, 1.82) is 0 Å². The maximum Gasteiger partial charge on any atom is 0.251 e. The van der Waals surface area contributed by atoms with Crippen molar-refractivity contribution in [3.05, 3.63) is 53.5 Å². The maximum absolute atomic E-state index is 12.8. The number of carbonyl (C=O) groups is 1. The summed E-state index contributed by atoms with van der Waals surface area (Å²) in [6.07, 6.45) is 1.60. The predicted molar refractivity (Wildman–Crippen MR) is 109 cm³/mol. The van der Waals surface area contributed by atoms with Crippen molar-refractivity contribution in [3.8, 4) is 0 Å². The van der Waals surface area contributed by atoms with Gasteiger partial charge in [0.2, 0.25) is 10.0 Å². The topological polar surface area (TPSA) is 82.9 Å². The quantitative estimate of drug-likeness (QED) is 0.691. The number of sulfonamides is 1. The lowest BCUT2D eigenvalue weighted by Gasteiger charge is -2.23. The summed E-state index contributed by atoms with van der Waals surface area (Å²) in [6.45, 7) is 6.46. The van der Waals surface area contributed by atoms with Gasteiger partial charge < -0.3 is 9.73 Å². The Morgan fingerprint density at radius 3 is 2.39 bits per heavy atom. The number of likely N-dealkylation sites (N-methyl/N-ethyl adjacent to an activating group) is 1. The maximum atomic E-state index is 12.8. The van der Waals surface area contributed by atoms with E-state index in [1.165, 1.54) is 10.4 Å². The molecule has 154 valence electrons. The minimum atomic E-state index is -3.62. The summed E-state index contributed by atoms with van der Waals surface area (Å²) in [5.41, 5.74) is 1.07. The highest BCUT2D eigenvalue weighted by molar-refractivity contribution is 7.89. The Labute approximate surface area is 167 Å². The van der Waals surface area contributed by atoms with Gasteiger partial charge in [0.25, 0.3) is 5.91 Å². The zero-order valence-electron chi connectivity index (χ0n) is 17.1. The van der Waals surface area contributed by atoms with Gasteiger partial charge in [0.05, 0.1) is 17.2 Å². The molecule has 1 heterocycles. The third-order valence-corrected chi connectivity index (χ3v) is 6.79. The molecule has 0 aliphatic heterocycles. The first-order valence-electron chi connectivity index (χ1n) is 9.31. The molecule has 1 amide bonds. The lowest BCUT2D eigenvalue weighted by Crippen LogP contribution is -2.35. The van der Waals surface area contributed by atoms with E-state index in [2.05, 4.69) is 5.32 Å². The molecular weight excluding hydrogens is 378 g/mol. The molecule has 28 heavy (non-hydrogen) atoms. The number of nitrogens with zero attached hydrogens (tertiary/aromatic N) is 2. The average Bonchev–Trinajstić information content (AvgIpc) is 3.16. The van der Waals surface area contributed by atoms with Gasteiger partial charge >= 0.3 is 0 Å². The standard InChI is InChI=1S/C20H29N3O4S/c1-6-23(7-2)28(25,26)16-11-10-15(3)17(13-16)20(24)21-14-18(22(4)5)19-9-8-12-27-19/h8-13,18H,6-7,14H2,1-5H3,(H,21,24). The van der Waals surface area contributed by atoms with E-state index in [0.29, 0.717) is 25.2 Å². The molecule has 1 atom stereocenters. The molecule has 1 aromatic heterocycles. The second-order valence-electron chi connectivity index (χ2n) is 6.77. The lowest BCUT2D eigenvalue weighted by molar-refractivity contribution is 0.0938. The predicted octanol–water partition coefficient (Wildman–Crippen LogP) is 2.65. The minimum Gasteiger partial charge on any atom is -0.468 e. The van der Waals surface area contributed by atoms with Crippen molar-refractivity contribution < 1.29 is 17.6 Å². The van der Waals surface area contributed by atoms with Gasteiger partial charge in [0.1, 0.15) is 5.76 Å². The van der Waals surface area contributed by atoms with Crippen LogP contribution in [0.5, 0.6) is 0 Å². The molecule has 1 aromatic carbocycles. The minimum absolute atomic E-state index is 0.123. The fraction of sp³-hybridized carbons (Fsp3) is 0.450. The van der Waals surface area contributed by atoms with Gasteiger partial charge in [-0.25, -0.2) is 8.42 Å². The van der Waals surface area contributed by atoms with Crippen molar-refractivity contribution in [3.63, 3.8) is 0 Å². The number of amides is 1. The Hall–Kier alpha value is -2.16. The van der Waals surface area contributed by atoms with Crippen LogP contribution in [0.15, 0.2) is 45.9 Å². The monoisotopic (exact) mass is 407 g/mol. The number of carbonyl (C=O) groups excluding carboxylic acids is 1. The van der Waals surface area contributed by atoms with Gasteiger partial charge in [-0.3, -0.25) is 9.69 Å². The molecular formula is C20H29N3O4S. The fourth-order valence-corrected chi connectivity index (χ4v) is 4.51. The van der Waals surface area contributed by atoms with Crippen molar-refractivity contribution in [1.82, 2.24) is 14.5 Å². The lowest BCUT2D eigenvalue weighted by atomic mass is 10.1. The third-order valence-electron chi connectivity index (χ3n) is 4.75. The highest BCUT2D eigenvalue weighted by Gasteiger charge is 2.24. The number of rotatable bonds is 9. The normalized spacial score (nSPS) is 13.1.